The molecule has 1 unspecified atom stereocenters. The maximum atomic E-state index is 12.4. The summed E-state index contributed by atoms with van der Waals surface area (Å²) in [4.78, 5) is 26.0. The molecule has 2 aromatic carbocycles. The molecule has 0 heterocycles. The van der Waals surface area contributed by atoms with Gasteiger partial charge in [0, 0.05) is 18.5 Å². The van der Waals surface area contributed by atoms with Crippen molar-refractivity contribution in [3.63, 3.8) is 0 Å². The van der Waals surface area contributed by atoms with E-state index >= 15 is 0 Å². The molecule has 1 N–H and O–H groups in total. The van der Waals surface area contributed by atoms with Gasteiger partial charge in [-0.1, -0.05) is 48.0 Å². The zero-order valence-corrected chi connectivity index (χ0v) is 15.7. The molecule has 132 valence electrons. The molecule has 0 saturated heterocycles. The van der Waals surface area contributed by atoms with Gasteiger partial charge in [0.15, 0.2) is 0 Å². The summed E-state index contributed by atoms with van der Waals surface area (Å²) in [6, 6.07) is 17.6. The number of carbonyl (C=O) groups excluding carboxylic acids is 2. The number of aryl methyl sites for hydroxylation is 1. The Labute approximate surface area is 153 Å². The van der Waals surface area contributed by atoms with Gasteiger partial charge in [-0.15, -0.1) is 11.8 Å². The fraction of sp³-hybridized carbons (Fsp3) is 0.300. The molecular formula is C20H24N2O2S. The van der Waals surface area contributed by atoms with Gasteiger partial charge in [0.25, 0.3) is 0 Å². The standard InChI is InChI=1S/C20H24N2O2S/c1-15-9-11-18(12-10-15)21-19(23)13-22(3)20(24)16(2)25-14-17-7-5-4-6-8-17/h4-12,16H,13-14H2,1-3H3,(H,21,23). The van der Waals surface area contributed by atoms with Gasteiger partial charge in [-0.05, 0) is 31.5 Å². The number of amides is 2. The Morgan fingerprint density at radius 3 is 2.36 bits per heavy atom. The van der Waals surface area contributed by atoms with E-state index in [2.05, 4.69) is 5.32 Å². The Kier molecular flexibility index (Phi) is 7.07. The molecule has 0 aliphatic heterocycles. The first-order chi connectivity index (χ1) is 12.0. The molecule has 0 bridgehead atoms. The number of hydrogen-bond donors (Lipinski definition) is 1. The van der Waals surface area contributed by atoms with E-state index in [4.69, 9.17) is 0 Å². The molecule has 0 spiro atoms. The Morgan fingerprint density at radius 1 is 1.08 bits per heavy atom. The SMILES string of the molecule is Cc1ccc(NC(=O)CN(C)C(=O)C(C)SCc2ccccc2)cc1. The fourth-order valence-electron chi connectivity index (χ4n) is 2.31. The highest BCUT2D eigenvalue weighted by atomic mass is 32.2. The normalized spacial score (nSPS) is 11.6. The lowest BCUT2D eigenvalue weighted by atomic mass is 10.2. The van der Waals surface area contributed by atoms with Crippen molar-refractivity contribution in [2.24, 2.45) is 0 Å². The van der Waals surface area contributed by atoms with Crippen LogP contribution >= 0.6 is 11.8 Å². The third-order valence-corrected chi connectivity index (χ3v) is 4.98. The smallest absolute Gasteiger partial charge is 0.243 e. The zero-order valence-electron chi connectivity index (χ0n) is 14.9. The quantitative estimate of drug-likeness (QED) is 0.823. The first kappa shape index (κ1) is 19.1. The van der Waals surface area contributed by atoms with Crippen molar-refractivity contribution in [3.05, 3.63) is 65.7 Å². The van der Waals surface area contributed by atoms with E-state index in [1.54, 1.807) is 18.8 Å². The second-order valence-electron chi connectivity index (χ2n) is 6.05. The van der Waals surface area contributed by atoms with Crippen LogP contribution in [0, 0.1) is 6.92 Å². The van der Waals surface area contributed by atoms with Gasteiger partial charge in [-0.25, -0.2) is 0 Å². The summed E-state index contributed by atoms with van der Waals surface area (Å²) < 4.78 is 0. The number of nitrogens with zero attached hydrogens (tertiary/aromatic N) is 1. The molecule has 2 rings (SSSR count). The van der Waals surface area contributed by atoms with Gasteiger partial charge < -0.3 is 10.2 Å². The second kappa shape index (κ2) is 9.28. The van der Waals surface area contributed by atoms with Crippen LogP contribution in [0.3, 0.4) is 0 Å². The number of carbonyl (C=O) groups is 2. The molecule has 2 aromatic rings. The third-order valence-electron chi connectivity index (χ3n) is 3.78. The van der Waals surface area contributed by atoms with E-state index in [-0.39, 0.29) is 23.6 Å². The molecule has 25 heavy (non-hydrogen) atoms. The van der Waals surface area contributed by atoms with Crippen LogP contribution < -0.4 is 5.32 Å². The van der Waals surface area contributed by atoms with E-state index in [0.29, 0.717) is 0 Å². The first-order valence-electron chi connectivity index (χ1n) is 8.22. The lowest BCUT2D eigenvalue weighted by Crippen LogP contribution is -2.39. The number of likely N-dealkylation sites (N-methyl/N-ethyl adjacent to an activating group) is 1. The maximum absolute atomic E-state index is 12.4. The fourth-order valence-corrected chi connectivity index (χ4v) is 3.27. The third kappa shape index (κ3) is 6.27. The Morgan fingerprint density at radius 2 is 1.72 bits per heavy atom. The number of benzene rings is 2. The van der Waals surface area contributed by atoms with Gasteiger partial charge in [0.1, 0.15) is 0 Å². The first-order valence-corrected chi connectivity index (χ1v) is 9.27. The van der Waals surface area contributed by atoms with Crippen molar-refractivity contribution >= 4 is 29.3 Å². The van der Waals surface area contributed by atoms with E-state index in [0.717, 1.165) is 17.0 Å². The van der Waals surface area contributed by atoms with Crippen LogP contribution in [0.1, 0.15) is 18.1 Å². The highest BCUT2D eigenvalue weighted by molar-refractivity contribution is 7.99. The highest BCUT2D eigenvalue weighted by Gasteiger charge is 2.20. The van der Waals surface area contributed by atoms with E-state index < -0.39 is 0 Å². The number of nitrogens with one attached hydrogen (secondary N) is 1. The van der Waals surface area contributed by atoms with Crippen molar-refractivity contribution in [2.75, 3.05) is 18.9 Å². The molecule has 0 fully saturated rings. The molecule has 0 radical (unpaired) electrons. The predicted octanol–water partition coefficient (Wildman–Crippen LogP) is 3.71. The van der Waals surface area contributed by atoms with Crippen LogP contribution in [0.15, 0.2) is 54.6 Å². The van der Waals surface area contributed by atoms with Gasteiger partial charge in [-0.3, -0.25) is 9.59 Å². The average Bonchev–Trinajstić information content (AvgIpc) is 2.61. The number of rotatable bonds is 7. The van der Waals surface area contributed by atoms with Crippen molar-refractivity contribution in [1.82, 2.24) is 4.90 Å². The molecule has 4 nitrogen and oxygen atoms in total. The summed E-state index contributed by atoms with van der Waals surface area (Å²) in [7, 11) is 1.66. The Hall–Kier alpha value is -2.27. The molecule has 0 aromatic heterocycles. The predicted molar refractivity (Wildman–Crippen MR) is 105 cm³/mol. The van der Waals surface area contributed by atoms with Gasteiger partial charge >= 0.3 is 0 Å². The van der Waals surface area contributed by atoms with Gasteiger partial charge in [0.05, 0.1) is 11.8 Å². The van der Waals surface area contributed by atoms with Crippen molar-refractivity contribution < 1.29 is 9.59 Å². The number of thioether (sulfide) groups is 1. The van der Waals surface area contributed by atoms with Crippen molar-refractivity contribution in [1.29, 1.82) is 0 Å². The van der Waals surface area contributed by atoms with Crippen LogP contribution in [0.25, 0.3) is 0 Å². The monoisotopic (exact) mass is 356 g/mol. The minimum absolute atomic E-state index is 0.0417. The van der Waals surface area contributed by atoms with Gasteiger partial charge in [0.2, 0.25) is 11.8 Å². The summed E-state index contributed by atoms with van der Waals surface area (Å²) in [6.07, 6.45) is 0. The van der Waals surface area contributed by atoms with E-state index in [9.17, 15) is 9.59 Å². The van der Waals surface area contributed by atoms with E-state index in [1.165, 1.54) is 10.5 Å². The van der Waals surface area contributed by atoms with Crippen LogP contribution in [0.5, 0.6) is 0 Å². The van der Waals surface area contributed by atoms with Crippen LogP contribution in [0.4, 0.5) is 5.69 Å². The molecule has 0 aliphatic rings. The lowest BCUT2D eigenvalue weighted by molar-refractivity contribution is -0.132. The van der Waals surface area contributed by atoms with Crippen LogP contribution in [-0.2, 0) is 15.3 Å². The van der Waals surface area contributed by atoms with E-state index in [1.807, 2.05) is 68.4 Å². The second-order valence-corrected chi connectivity index (χ2v) is 7.38. The molecule has 5 heteroatoms. The van der Waals surface area contributed by atoms with Crippen molar-refractivity contribution in [2.45, 2.75) is 24.9 Å². The van der Waals surface area contributed by atoms with Gasteiger partial charge in [-0.2, -0.15) is 0 Å². The van der Waals surface area contributed by atoms with Crippen molar-refractivity contribution in [3.8, 4) is 0 Å². The summed E-state index contributed by atoms with van der Waals surface area (Å²) >= 11 is 1.58. The Bertz CT molecular complexity index is 701. The summed E-state index contributed by atoms with van der Waals surface area (Å²) in [6.45, 7) is 3.92. The summed E-state index contributed by atoms with van der Waals surface area (Å²) in [5, 5.41) is 2.62. The largest absolute Gasteiger partial charge is 0.335 e. The van der Waals surface area contributed by atoms with Crippen LogP contribution in [0.2, 0.25) is 0 Å². The summed E-state index contributed by atoms with van der Waals surface area (Å²) in [5.41, 5.74) is 3.06. The molecule has 2 amide bonds. The zero-order chi connectivity index (χ0) is 18.2. The molecule has 1 atom stereocenters. The lowest BCUT2D eigenvalue weighted by Gasteiger charge is -2.20. The number of anilines is 1. The Balaban J connectivity index is 1.80. The average molecular weight is 356 g/mol. The molecule has 0 saturated carbocycles. The number of hydrogen-bond acceptors (Lipinski definition) is 3. The molecular weight excluding hydrogens is 332 g/mol. The summed E-state index contributed by atoms with van der Waals surface area (Å²) in [5.74, 6) is 0.539. The molecule has 0 aliphatic carbocycles. The minimum atomic E-state index is -0.197. The van der Waals surface area contributed by atoms with Crippen LogP contribution in [-0.4, -0.2) is 35.6 Å². The maximum Gasteiger partial charge on any atom is 0.243 e. The highest BCUT2D eigenvalue weighted by Crippen LogP contribution is 2.19. The minimum Gasteiger partial charge on any atom is -0.335 e. The topological polar surface area (TPSA) is 49.4 Å².